The first-order valence-electron chi connectivity index (χ1n) is 7.46. The molecule has 5 nitrogen and oxygen atoms in total. The molecule has 2 heterocycles. The van der Waals surface area contributed by atoms with Crippen molar-refractivity contribution in [3.63, 3.8) is 0 Å². The van der Waals surface area contributed by atoms with Crippen LogP contribution in [0.15, 0.2) is 0 Å². The summed E-state index contributed by atoms with van der Waals surface area (Å²) in [5.41, 5.74) is 7.12. The van der Waals surface area contributed by atoms with Crippen LogP contribution in [-0.4, -0.2) is 29.3 Å². The van der Waals surface area contributed by atoms with Gasteiger partial charge in [-0.2, -0.15) is 0 Å². The second-order valence-corrected chi connectivity index (χ2v) is 7.26. The van der Waals surface area contributed by atoms with E-state index in [1.54, 1.807) is 0 Å². The lowest BCUT2D eigenvalue weighted by Gasteiger charge is -2.30. The maximum atomic E-state index is 12.0. The lowest BCUT2D eigenvalue weighted by atomic mass is 10.0. The van der Waals surface area contributed by atoms with Crippen molar-refractivity contribution >= 4 is 28.2 Å². The number of nitrogens with one attached hydrogen (secondary N) is 1. The highest BCUT2D eigenvalue weighted by Gasteiger charge is 2.33. The molecule has 21 heavy (non-hydrogen) atoms. The fourth-order valence-electron chi connectivity index (χ4n) is 2.77. The molecule has 0 saturated heterocycles. The number of carbonyl (C=O) groups is 2. The first kappa shape index (κ1) is 14.5. The van der Waals surface area contributed by atoms with Gasteiger partial charge in [-0.15, -0.1) is 11.3 Å². The van der Waals surface area contributed by atoms with E-state index in [9.17, 15) is 9.59 Å². The molecule has 1 aromatic rings. The Morgan fingerprint density at radius 1 is 1.38 bits per heavy atom. The quantitative estimate of drug-likeness (QED) is 0.893. The van der Waals surface area contributed by atoms with Crippen molar-refractivity contribution in [1.29, 1.82) is 0 Å². The number of primary amides is 1. The van der Waals surface area contributed by atoms with E-state index in [0.29, 0.717) is 16.6 Å². The van der Waals surface area contributed by atoms with Crippen LogP contribution < -0.4 is 11.1 Å². The maximum Gasteiger partial charge on any atom is 0.251 e. The van der Waals surface area contributed by atoms with Crippen LogP contribution in [0.4, 0.5) is 5.00 Å². The van der Waals surface area contributed by atoms with Crippen LogP contribution in [-0.2, 0) is 17.8 Å². The van der Waals surface area contributed by atoms with Gasteiger partial charge < -0.3 is 11.1 Å². The summed E-state index contributed by atoms with van der Waals surface area (Å²) in [7, 11) is 0. The van der Waals surface area contributed by atoms with E-state index in [1.165, 1.54) is 11.3 Å². The van der Waals surface area contributed by atoms with Crippen LogP contribution in [0, 0.1) is 5.92 Å². The number of hydrogen-bond acceptors (Lipinski definition) is 4. The minimum Gasteiger partial charge on any atom is -0.365 e. The van der Waals surface area contributed by atoms with Crippen LogP contribution in [0.3, 0.4) is 0 Å². The van der Waals surface area contributed by atoms with Gasteiger partial charge in [0, 0.05) is 29.9 Å². The summed E-state index contributed by atoms with van der Waals surface area (Å²) in [6.07, 6.45) is 2.72. The number of fused-ring (bicyclic) bond motifs is 1. The number of nitrogens with zero attached hydrogens (tertiary/aromatic N) is 1. The van der Waals surface area contributed by atoms with Crippen molar-refractivity contribution in [2.75, 3.05) is 11.9 Å². The van der Waals surface area contributed by atoms with Gasteiger partial charge in [0.15, 0.2) is 0 Å². The standard InChI is InChI=1S/C15H21N3O2S/c1-8(2)18-6-5-10-11(7-18)21-15(12(10)13(16)19)17-14(20)9-3-4-9/h8-9H,3-7H2,1-2H3,(H2,16,19)(H,17,20). The average Bonchev–Trinajstić information content (AvgIpc) is 3.19. The molecule has 114 valence electrons. The van der Waals surface area contributed by atoms with Crippen LogP contribution in [0.2, 0.25) is 0 Å². The SMILES string of the molecule is CC(C)N1CCc2c(sc(NC(=O)C3CC3)c2C(N)=O)C1. The Labute approximate surface area is 128 Å². The molecular weight excluding hydrogens is 286 g/mol. The van der Waals surface area contributed by atoms with E-state index >= 15 is 0 Å². The number of amides is 2. The molecule has 2 aliphatic rings. The minimum atomic E-state index is -0.434. The summed E-state index contributed by atoms with van der Waals surface area (Å²) >= 11 is 1.51. The normalized spacial score (nSPS) is 18.6. The first-order chi connectivity index (χ1) is 9.97. The third-order valence-electron chi connectivity index (χ3n) is 4.25. The van der Waals surface area contributed by atoms with E-state index < -0.39 is 5.91 Å². The number of thiophene rings is 1. The average molecular weight is 307 g/mol. The van der Waals surface area contributed by atoms with Crippen molar-refractivity contribution in [2.45, 2.75) is 45.7 Å². The van der Waals surface area contributed by atoms with Crippen LogP contribution in [0.25, 0.3) is 0 Å². The molecule has 2 amide bonds. The molecule has 3 rings (SSSR count). The van der Waals surface area contributed by atoms with E-state index in [4.69, 9.17) is 5.73 Å². The summed E-state index contributed by atoms with van der Waals surface area (Å²) in [5.74, 6) is -0.287. The highest BCUT2D eigenvalue weighted by Crippen LogP contribution is 2.39. The number of hydrogen-bond donors (Lipinski definition) is 2. The smallest absolute Gasteiger partial charge is 0.251 e. The predicted molar refractivity (Wildman–Crippen MR) is 83.4 cm³/mol. The zero-order chi connectivity index (χ0) is 15.1. The van der Waals surface area contributed by atoms with Crippen molar-refractivity contribution in [2.24, 2.45) is 11.7 Å². The Hall–Kier alpha value is -1.40. The van der Waals surface area contributed by atoms with E-state index in [-0.39, 0.29) is 11.8 Å². The number of rotatable bonds is 4. The van der Waals surface area contributed by atoms with Crippen LogP contribution in [0.5, 0.6) is 0 Å². The van der Waals surface area contributed by atoms with Crippen LogP contribution in [0.1, 0.15) is 47.5 Å². The van der Waals surface area contributed by atoms with Gasteiger partial charge >= 0.3 is 0 Å². The van der Waals surface area contributed by atoms with Crippen molar-refractivity contribution in [3.05, 3.63) is 16.0 Å². The van der Waals surface area contributed by atoms with Crippen molar-refractivity contribution < 1.29 is 9.59 Å². The Morgan fingerprint density at radius 2 is 2.10 bits per heavy atom. The van der Waals surface area contributed by atoms with Gasteiger partial charge in [0.1, 0.15) is 5.00 Å². The largest absolute Gasteiger partial charge is 0.365 e. The molecule has 6 heteroatoms. The number of nitrogens with two attached hydrogens (primary N) is 1. The van der Waals surface area contributed by atoms with Gasteiger partial charge in [0.25, 0.3) is 5.91 Å². The summed E-state index contributed by atoms with van der Waals surface area (Å²) in [6, 6.07) is 0.474. The molecule has 1 fully saturated rings. The molecule has 1 aliphatic carbocycles. The molecule has 0 unspecified atom stereocenters. The fraction of sp³-hybridized carbons (Fsp3) is 0.600. The first-order valence-corrected chi connectivity index (χ1v) is 8.28. The molecule has 1 saturated carbocycles. The summed E-state index contributed by atoms with van der Waals surface area (Å²) in [6.45, 7) is 6.10. The van der Waals surface area contributed by atoms with Gasteiger partial charge in [0.2, 0.25) is 5.91 Å². The zero-order valence-corrected chi connectivity index (χ0v) is 13.3. The predicted octanol–water partition coefficient (Wildman–Crippen LogP) is 1.96. The third kappa shape index (κ3) is 2.82. The van der Waals surface area contributed by atoms with Crippen molar-refractivity contribution in [1.82, 2.24) is 4.90 Å². The second-order valence-electron chi connectivity index (χ2n) is 6.15. The van der Waals surface area contributed by atoms with Gasteiger partial charge in [-0.25, -0.2) is 0 Å². The fourth-order valence-corrected chi connectivity index (χ4v) is 4.05. The van der Waals surface area contributed by atoms with E-state index in [2.05, 4.69) is 24.1 Å². The topological polar surface area (TPSA) is 75.4 Å². The Bertz CT molecular complexity index is 590. The lowest BCUT2D eigenvalue weighted by molar-refractivity contribution is -0.117. The lowest BCUT2D eigenvalue weighted by Crippen LogP contribution is -2.35. The Morgan fingerprint density at radius 3 is 2.67 bits per heavy atom. The minimum absolute atomic E-state index is 0.0248. The number of anilines is 1. The molecule has 0 aromatic carbocycles. The van der Waals surface area contributed by atoms with Gasteiger partial charge in [-0.05, 0) is 38.7 Å². The van der Waals surface area contributed by atoms with E-state index in [0.717, 1.165) is 42.8 Å². The summed E-state index contributed by atoms with van der Waals surface area (Å²) < 4.78 is 0. The summed E-state index contributed by atoms with van der Waals surface area (Å²) in [5, 5.41) is 3.56. The molecule has 1 aliphatic heterocycles. The molecule has 3 N–H and O–H groups in total. The summed E-state index contributed by atoms with van der Waals surface area (Å²) in [4.78, 5) is 27.3. The third-order valence-corrected chi connectivity index (χ3v) is 5.38. The zero-order valence-electron chi connectivity index (χ0n) is 12.4. The Balaban J connectivity index is 1.90. The molecule has 0 spiro atoms. The van der Waals surface area contributed by atoms with Gasteiger partial charge in [-0.1, -0.05) is 0 Å². The van der Waals surface area contributed by atoms with Gasteiger partial charge in [-0.3, -0.25) is 14.5 Å². The molecule has 1 aromatic heterocycles. The highest BCUT2D eigenvalue weighted by molar-refractivity contribution is 7.17. The van der Waals surface area contributed by atoms with E-state index in [1.807, 2.05) is 0 Å². The van der Waals surface area contributed by atoms with Crippen molar-refractivity contribution in [3.8, 4) is 0 Å². The second kappa shape index (κ2) is 5.42. The molecule has 0 radical (unpaired) electrons. The molecule has 0 bridgehead atoms. The van der Waals surface area contributed by atoms with Gasteiger partial charge in [0.05, 0.1) is 5.56 Å². The molecular formula is C15H21N3O2S. The molecule has 0 atom stereocenters. The maximum absolute atomic E-state index is 12.0. The monoisotopic (exact) mass is 307 g/mol. The Kier molecular flexibility index (Phi) is 3.75. The number of carbonyl (C=O) groups excluding carboxylic acids is 2. The highest BCUT2D eigenvalue weighted by atomic mass is 32.1. The van der Waals surface area contributed by atoms with Crippen LogP contribution >= 0.6 is 11.3 Å².